The average Bonchev–Trinajstić information content (AvgIpc) is 2.32. The van der Waals surface area contributed by atoms with Gasteiger partial charge in [0.05, 0.1) is 16.2 Å². The fourth-order valence-electron chi connectivity index (χ4n) is 1.51. The van der Waals surface area contributed by atoms with E-state index in [0.717, 1.165) is 16.6 Å². The van der Waals surface area contributed by atoms with Crippen LogP contribution in [0.25, 0.3) is 10.9 Å². The van der Waals surface area contributed by atoms with Crippen LogP contribution in [0.3, 0.4) is 0 Å². The Labute approximate surface area is 112 Å². The predicted molar refractivity (Wildman–Crippen MR) is 77.5 cm³/mol. The minimum atomic E-state index is -0.166. The SMILES string of the molecule is CC(C)(C)C(N)=Nc1ccc(Cl)c2cccnc12. The summed E-state index contributed by atoms with van der Waals surface area (Å²) in [6, 6.07) is 7.45. The molecule has 0 saturated heterocycles. The quantitative estimate of drug-likeness (QED) is 0.625. The van der Waals surface area contributed by atoms with E-state index in [2.05, 4.69) is 9.98 Å². The van der Waals surface area contributed by atoms with Crippen molar-refractivity contribution < 1.29 is 0 Å². The van der Waals surface area contributed by atoms with Crippen LogP contribution in [0.15, 0.2) is 35.5 Å². The van der Waals surface area contributed by atoms with E-state index in [1.54, 1.807) is 6.20 Å². The van der Waals surface area contributed by atoms with Crippen molar-refractivity contribution in [1.82, 2.24) is 4.98 Å². The highest BCUT2D eigenvalue weighted by Gasteiger charge is 2.16. The number of fused-ring (bicyclic) bond motifs is 1. The minimum Gasteiger partial charge on any atom is -0.387 e. The first-order chi connectivity index (χ1) is 8.39. The molecule has 94 valence electrons. The highest BCUT2D eigenvalue weighted by atomic mass is 35.5. The number of nitrogens with zero attached hydrogens (tertiary/aromatic N) is 2. The molecule has 18 heavy (non-hydrogen) atoms. The number of hydrogen-bond acceptors (Lipinski definition) is 2. The van der Waals surface area contributed by atoms with Gasteiger partial charge in [0.25, 0.3) is 0 Å². The van der Waals surface area contributed by atoms with Gasteiger partial charge in [0.15, 0.2) is 0 Å². The lowest BCUT2D eigenvalue weighted by atomic mass is 9.95. The second kappa shape index (κ2) is 4.58. The molecule has 2 aromatic rings. The van der Waals surface area contributed by atoms with Gasteiger partial charge >= 0.3 is 0 Å². The molecular weight excluding hydrogens is 246 g/mol. The molecule has 0 aliphatic carbocycles. The number of halogens is 1. The Morgan fingerprint density at radius 1 is 1.28 bits per heavy atom. The molecule has 1 aromatic heterocycles. The molecule has 0 radical (unpaired) electrons. The van der Waals surface area contributed by atoms with Crippen molar-refractivity contribution in [2.24, 2.45) is 16.1 Å². The summed E-state index contributed by atoms with van der Waals surface area (Å²) in [5.41, 5.74) is 7.36. The van der Waals surface area contributed by atoms with Crippen molar-refractivity contribution in [3.8, 4) is 0 Å². The molecule has 0 spiro atoms. The van der Waals surface area contributed by atoms with Gasteiger partial charge in [-0.2, -0.15) is 0 Å². The van der Waals surface area contributed by atoms with Gasteiger partial charge in [-0.25, -0.2) is 4.99 Å². The van der Waals surface area contributed by atoms with Crippen molar-refractivity contribution in [1.29, 1.82) is 0 Å². The monoisotopic (exact) mass is 261 g/mol. The van der Waals surface area contributed by atoms with Gasteiger partial charge in [-0.3, -0.25) is 4.98 Å². The largest absolute Gasteiger partial charge is 0.387 e. The number of rotatable bonds is 1. The highest BCUT2D eigenvalue weighted by molar-refractivity contribution is 6.35. The lowest BCUT2D eigenvalue weighted by Gasteiger charge is -2.17. The summed E-state index contributed by atoms with van der Waals surface area (Å²) in [7, 11) is 0. The van der Waals surface area contributed by atoms with E-state index in [0.29, 0.717) is 10.9 Å². The van der Waals surface area contributed by atoms with Gasteiger partial charge < -0.3 is 5.73 Å². The van der Waals surface area contributed by atoms with Crippen LogP contribution < -0.4 is 5.73 Å². The Bertz CT molecular complexity index is 612. The molecule has 1 heterocycles. The summed E-state index contributed by atoms with van der Waals surface area (Å²) in [6.45, 7) is 6.08. The van der Waals surface area contributed by atoms with Gasteiger partial charge in [-0.1, -0.05) is 32.4 Å². The Morgan fingerprint density at radius 3 is 2.67 bits per heavy atom. The molecule has 2 N–H and O–H groups in total. The topological polar surface area (TPSA) is 51.3 Å². The van der Waals surface area contributed by atoms with E-state index in [9.17, 15) is 0 Å². The van der Waals surface area contributed by atoms with E-state index in [4.69, 9.17) is 17.3 Å². The smallest absolute Gasteiger partial charge is 0.105 e. The maximum Gasteiger partial charge on any atom is 0.105 e. The molecule has 0 amide bonds. The second-order valence-electron chi connectivity index (χ2n) is 5.21. The van der Waals surface area contributed by atoms with E-state index in [1.807, 2.05) is 45.0 Å². The molecule has 0 saturated carbocycles. The van der Waals surface area contributed by atoms with E-state index >= 15 is 0 Å². The zero-order chi connectivity index (χ0) is 13.3. The number of nitrogens with two attached hydrogens (primary N) is 1. The van der Waals surface area contributed by atoms with E-state index in [-0.39, 0.29) is 5.41 Å². The van der Waals surface area contributed by atoms with Crippen LogP contribution in [0.4, 0.5) is 5.69 Å². The van der Waals surface area contributed by atoms with Crippen molar-refractivity contribution >= 4 is 34.0 Å². The first-order valence-electron chi connectivity index (χ1n) is 5.77. The number of aliphatic imine (C=N–C) groups is 1. The lowest BCUT2D eigenvalue weighted by Crippen LogP contribution is -2.28. The van der Waals surface area contributed by atoms with Crippen LogP contribution in [0.5, 0.6) is 0 Å². The van der Waals surface area contributed by atoms with Crippen LogP contribution in [0, 0.1) is 5.41 Å². The molecule has 0 unspecified atom stereocenters. The molecule has 0 bridgehead atoms. The van der Waals surface area contributed by atoms with Gasteiger partial charge in [0.2, 0.25) is 0 Å². The summed E-state index contributed by atoms with van der Waals surface area (Å²) in [4.78, 5) is 8.80. The first-order valence-corrected chi connectivity index (χ1v) is 6.15. The fraction of sp³-hybridized carbons (Fsp3) is 0.286. The Balaban J connectivity index is 2.63. The van der Waals surface area contributed by atoms with Crippen molar-refractivity contribution in [2.75, 3.05) is 0 Å². The third kappa shape index (κ3) is 2.46. The fourth-order valence-corrected chi connectivity index (χ4v) is 1.73. The third-order valence-electron chi connectivity index (χ3n) is 2.70. The second-order valence-corrected chi connectivity index (χ2v) is 5.62. The van der Waals surface area contributed by atoms with E-state index in [1.165, 1.54) is 0 Å². The van der Waals surface area contributed by atoms with Crippen molar-refractivity contribution in [3.63, 3.8) is 0 Å². The van der Waals surface area contributed by atoms with Crippen LogP contribution in [-0.4, -0.2) is 10.8 Å². The maximum atomic E-state index is 6.14. The Morgan fingerprint density at radius 2 is 2.00 bits per heavy atom. The Hall–Kier alpha value is -1.61. The number of amidine groups is 1. The summed E-state index contributed by atoms with van der Waals surface area (Å²) in [5, 5.41) is 1.56. The van der Waals surface area contributed by atoms with Crippen LogP contribution in [0.2, 0.25) is 5.02 Å². The summed E-state index contributed by atoms with van der Waals surface area (Å²) < 4.78 is 0. The van der Waals surface area contributed by atoms with Crippen LogP contribution >= 0.6 is 11.6 Å². The zero-order valence-corrected chi connectivity index (χ0v) is 11.5. The normalized spacial score (nSPS) is 13.0. The Kier molecular flexibility index (Phi) is 3.26. The number of hydrogen-bond donors (Lipinski definition) is 1. The van der Waals surface area contributed by atoms with Crippen LogP contribution in [0.1, 0.15) is 20.8 Å². The van der Waals surface area contributed by atoms with Crippen molar-refractivity contribution in [3.05, 3.63) is 35.5 Å². The van der Waals surface area contributed by atoms with Crippen molar-refractivity contribution in [2.45, 2.75) is 20.8 Å². The molecule has 0 atom stereocenters. The average molecular weight is 262 g/mol. The summed E-state index contributed by atoms with van der Waals surface area (Å²) in [5.74, 6) is 0.580. The molecule has 2 rings (SSSR count). The van der Waals surface area contributed by atoms with Gasteiger partial charge in [0.1, 0.15) is 5.84 Å². The standard InChI is InChI=1S/C14H16ClN3/c1-14(2,3)13(16)18-11-7-6-10(15)9-5-4-8-17-12(9)11/h4-8H,1-3H3,(H2,16,18). The molecule has 1 aromatic carbocycles. The van der Waals surface area contributed by atoms with Gasteiger partial charge in [0, 0.05) is 17.0 Å². The molecule has 0 fully saturated rings. The molecule has 0 aliphatic heterocycles. The number of benzene rings is 1. The summed E-state index contributed by atoms with van der Waals surface area (Å²) in [6.07, 6.45) is 1.73. The molecule has 4 heteroatoms. The number of pyridine rings is 1. The predicted octanol–water partition coefficient (Wildman–Crippen LogP) is 3.92. The maximum absolute atomic E-state index is 6.14. The first kappa shape index (κ1) is 12.8. The molecule has 3 nitrogen and oxygen atoms in total. The minimum absolute atomic E-state index is 0.166. The third-order valence-corrected chi connectivity index (χ3v) is 3.03. The zero-order valence-electron chi connectivity index (χ0n) is 10.7. The highest BCUT2D eigenvalue weighted by Crippen LogP contribution is 2.30. The van der Waals surface area contributed by atoms with Gasteiger partial charge in [-0.15, -0.1) is 0 Å². The number of aromatic nitrogens is 1. The molecule has 0 aliphatic rings. The van der Waals surface area contributed by atoms with E-state index < -0.39 is 0 Å². The lowest BCUT2D eigenvalue weighted by molar-refractivity contribution is 0.585. The summed E-state index contributed by atoms with van der Waals surface area (Å²) >= 11 is 6.14. The van der Waals surface area contributed by atoms with Crippen LogP contribution in [-0.2, 0) is 0 Å². The van der Waals surface area contributed by atoms with Gasteiger partial charge in [-0.05, 0) is 24.3 Å². The molecular formula is C14H16ClN3.